The fourth-order valence-electron chi connectivity index (χ4n) is 2.14. The highest BCUT2D eigenvalue weighted by atomic mass is 127. The number of halogens is 2. The summed E-state index contributed by atoms with van der Waals surface area (Å²) in [6.45, 7) is -0.0108. The van der Waals surface area contributed by atoms with Crippen LogP contribution in [0, 0.1) is 9.49 Å². The zero-order chi connectivity index (χ0) is 13.3. The molecule has 0 saturated heterocycles. The van der Waals surface area contributed by atoms with Gasteiger partial charge in [0, 0.05) is 18.6 Å². The van der Waals surface area contributed by atoms with Crippen LogP contribution in [0.15, 0.2) is 0 Å². The van der Waals surface area contributed by atoms with Gasteiger partial charge < -0.3 is 21.3 Å². The summed E-state index contributed by atoms with van der Waals surface area (Å²) in [6, 6.07) is 0.0519. The molecular formula is C10H14ClIN4O2. The zero-order valence-electron chi connectivity index (χ0n) is 9.48. The van der Waals surface area contributed by atoms with Gasteiger partial charge in [0.05, 0.1) is 9.67 Å². The lowest BCUT2D eigenvalue weighted by Gasteiger charge is -2.15. The standard InChI is InChI=1S/C10H14ClIN4O2/c11-8-7(12)9(16-10(13)15-8)14-5-1-4(3-17)6(18)2-5/h4-6,17-18H,1-3H2,(H3,13,14,15,16)/t4-,5-,6+/m1/s1. The molecule has 1 saturated carbocycles. The van der Waals surface area contributed by atoms with Crippen molar-refractivity contribution in [3.05, 3.63) is 8.72 Å². The van der Waals surface area contributed by atoms with E-state index in [2.05, 4.69) is 15.3 Å². The highest BCUT2D eigenvalue weighted by Crippen LogP contribution is 2.30. The number of aromatic nitrogens is 2. The molecule has 0 aliphatic heterocycles. The molecule has 0 bridgehead atoms. The van der Waals surface area contributed by atoms with Crippen LogP contribution >= 0.6 is 34.2 Å². The molecule has 1 aliphatic carbocycles. The lowest BCUT2D eigenvalue weighted by Crippen LogP contribution is -2.19. The van der Waals surface area contributed by atoms with E-state index in [0.29, 0.717) is 27.4 Å². The van der Waals surface area contributed by atoms with Crippen LogP contribution in [0.25, 0.3) is 0 Å². The molecule has 0 unspecified atom stereocenters. The fraction of sp³-hybridized carbons (Fsp3) is 0.600. The van der Waals surface area contributed by atoms with Gasteiger partial charge in [-0.15, -0.1) is 0 Å². The van der Waals surface area contributed by atoms with E-state index < -0.39 is 6.10 Å². The lowest BCUT2D eigenvalue weighted by molar-refractivity contribution is 0.0908. The highest BCUT2D eigenvalue weighted by Gasteiger charge is 2.33. The Kier molecular flexibility index (Phi) is 4.46. The summed E-state index contributed by atoms with van der Waals surface area (Å²) in [5.41, 5.74) is 5.54. The number of aliphatic hydroxyl groups excluding tert-OH is 2. The van der Waals surface area contributed by atoms with Crippen LogP contribution in [-0.2, 0) is 0 Å². The van der Waals surface area contributed by atoms with Gasteiger partial charge in [-0.25, -0.2) is 4.98 Å². The SMILES string of the molecule is Nc1nc(Cl)c(I)c(N[C@@H]2C[C@H](CO)[C@@H](O)C2)n1. The van der Waals surface area contributed by atoms with Crippen molar-refractivity contribution in [1.82, 2.24) is 9.97 Å². The van der Waals surface area contributed by atoms with E-state index in [9.17, 15) is 5.11 Å². The van der Waals surface area contributed by atoms with Crippen molar-refractivity contribution in [3.63, 3.8) is 0 Å². The van der Waals surface area contributed by atoms with Crippen LogP contribution in [0.1, 0.15) is 12.8 Å². The van der Waals surface area contributed by atoms with Gasteiger partial charge in [-0.3, -0.25) is 0 Å². The molecule has 1 fully saturated rings. The van der Waals surface area contributed by atoms with Crippen LogP contribution in [0.4, 0.5) is 11.8 Å². The third-order valence-corrected chi connectivity index (χ3v) is 4.68. The second-order valence-corrected chi connectivity index (χ2v) is 5.79. The molecule has 0 amide bonds. The van der Waals surface area contributed by atoms with Crippen molar-refractivity contribution >= 4 is 46.0 Å². The number of nitrogens with one attached hydrogen (secondary N) is 1. The average molecular weight is 385 g/mol. The van der Waals surface area contributed by atoms with Gasteiger partial charge in [0.25, 0.3) is 0 Å². The number of nitrogens with two attached hydrogens (primary N) is 1. The number of hydrogen-bond donors (Lipinski definition) is 4. The molecule has 0 spiro atoms. The van der Waals surface area contributed by atoms with Crippen LogP contribution in [0.2, 0.25) is 5.15 Å². The molecule has 8 heteroatoms. The summed E-state index contributed by atoms with van der Waals surface area (Å²) < 4.78 is 0.699. The predicted molar refractivity (Wildman–Crippen MR) is 77.4 cm³/mol. The molecule has 0 radical (unpaired) electrons. The van der Waals surface area contributed by atoms with E-state index in [1.165, 1.54) is 0 Å². The largest absolute Gasteiger partial charge is 0.396 e. The second-order valence-electron chi connectivity index (χ2n) is 4.36. The van der Waals surface area contributed by atoms with Gasteiger partial charge >= 0.3 is 0 Å². The van der Waals surface area contributed by atoms with E-state index in [1.54, 1.807) is 0 Å². The quantitative estimate of drug-likeness (QED) is 0.455. The molecule has 1 heterocycles. The molecule has 100 valence electrons. The van der Waals surface area contributed by atoms with Crippen molar-refractivity contribution in [3.8, 4) is 0 Å². The van der Waals surface area contributed by atoms with E-state index in [-0.39, 0.29) is 24.5 Å². The molecule has 2 rings (SSSR count). The van der Waals surface area contributed by atoms with Gasteiger partial charge in [-0.1, -0.05) is 11.6 Å². The maximum absolute atomic E-state index is 9.73. The minimum atomic E-state index is -0.486. The summed E-state index contributed by atoms with van der Waals surface area (Å²) in [4.78, 5) is 7.94. The molecule has 1 aromatic heterocycles. The Hall–Kier alpha value is -0.380. The summed E-state index contributed by atoms with van der Waals surface area (Å²) in [6.07, 6.45) is 0.776. The van der Waals surface area contributed by atoms with Crippen molar-refractivity contribution in [1.29, 1.82) is 0 Å². The Morgan fingerprint density at radius 2 is 2.17 bits per heavy atom. The minimum Gasteiger partial charge on any atom is -0.396 e. The Morgan fingerprint density at radius 1 is 1.44 bits per heavy atom. The average Bonchev–Trinajstić information content (AvgIpc) is 2.65. The van der Waals surface area contributed by atoms with Crippen molar-refractivity contribution in [2.45, 2.75) is 25.0 Å². The van der Waals surface area contributed by atoms with Gasteiger partial charge in [-0.05, 0) is 35.4 Å². The van der Waals surface area contributed by atoms with Crippen molar-refractivity contribution in [2.75, 3.05) is 17.7 Å². The molecule has 6 nitrogen and oxygen atoms in total. The number of nitrogen functional groups attached to an aromatic ring is 1. The van der Waals surface area contributed by atoms with Gasteiger partial charge in [0.2, 0.25) is 5.95 Å². The van der Waals surface area contributed by atoms with Crippen LogP contribution < -0.4 is 11.1 Å². The molecular weight excluding hydrogens is 370 g/mol. The number of nitrogens with zero attached hydrogens (tertiary/aromatic N) is 2. The molecule has 1 aliphatic rings. The summed E-state index contributed by atoms with van der Waals surface area (Å²) in [5.74, 6) is 0.596. The lowest BCUT2D eigenvalue weighted by atomic mass is 10.1. The monoisotopic (exact) mass is 384 g/mol. The highest BCUT2D eigenvalue weighted by molar-refractivity contribution is 14.1. The van der Waals surface area contributed by atoms with Crippen LogP contribution in [0.5, 0.6) is 0 Å². The molecule has 1 aromatic rings. The third-order valence-electron chi connectivity index (χ3n) is 3.06. The maximum Gasteiger partial charge on any atom is 0.223 e. The number of rotatable bonds is 3. The van der Waals surface area contributed by atoms with E-state index in [4.69, 9.17) is 22.4 Å². The number of aliphatic hydroxyl groups is 2. The fourth-order valence-corrected chi connectivity index (χ4v) is 2.71. The Morgan fingerprint density at radius 3 is 2.78 bits per heavy atom. The van der Waals surface area contributed by atoms with Crippen molar-refractivity contribution < 1.29 is 10.2 Å². The summed E-state index contributed by atoms with van der Waals surface area (Å²) in [7, 11) is 0. The first-order chi connectivity index (χ1) is 8.51. The van der Waals surface area contributed by atoms with Gasteiger partial charge in [-0.2, -0.15) is 4.98 Å². The van der Waals surface area contributed by atoms with E-state index in [1.807, 2.05) is 22.6 Å². The number of anilines is 2. The van der Waals surface area contributed by atoms with Crippen molar-refractivity contribution in [2.24, 2.45) is 5.92 Å². The topological polar surface area (TPSA) is 104 Å². The minimum absolute atomic E-state index is 0.0108. The Labute approximate surface area is 123 Å². The van der Waals surface area contributed by atoms with Crippen LogP contribution in [-0.4, -0.2) is 38.9 Å². The van der Waals surface area contributed by atoms with Gasteiger partial charge in [0.15, 0.2) is 0 Å². The number of hydrogen-bond acceptors (Lipinski definition) is 6. The normalized spacial score (nSPS) is 27.4. The molecule has 5 N–H and O–H groups in total. The molecule has 18 heavy (non-hydrogen) atoms. The second kappa shape index (κ2) is 5.72. The van der Waals surface area contributed by atoms with E-state index in [0.717, 1.165) is 0 Å². The molecule has 0 aromatic carbocycles. The third kappa shape index (κ3) is 2.95. The summed E-state index contributed by atoms with van der Waals surface area (Å²) in [5, 5.41) is 22.3. The Balaban J connectivity index is 2.11. The first-order valence-corrected chi connectivity index (χ1v) is 7.01. The molecule has 3 atom stereocenters. The predicted octanol–water partition coefficient (Wildman–Crippen LogP) is 0.860. The van der Waals surface area contributed by atoms with E-state index >= 15 is 0 Å². The maximum atomic E-state index is 9.73. The first kappa shape index (κ1) is 14.0. The van der Waals surface area contributed by atoms with Crippen LogP contribution in [0.3, 0.4) is 0 Å². The van der Waals surface area contributed by atoms with Gasteiger partial charge in [0.1, 0.15) is 11.0 Å². The smallest absolute Gasteiger partial charge is 0.223 e. The first-order valence-electron chi connectivity index (χ1n) is 5.55. The Bertz CT molecular complexity index is 448. The zero-order valence-corrected chi connectivity index (χ0v) is 12.4. The summed E-state index contributed by atoms with van der Waals surface area (Å²) >= 11 is 7.96.